The zero-order chi connectivity index (χ0) is 22.0. The number of ether oxygens (including phenoxy) is 4. The van der Waals surface area contributed by atoms with Crippen molar-refractivity contribution in [2.75, 3.05) is 47.7 Å². The summed E-state index contributed by atoms with van der Waals surface area (Å²) in [5.74, 6) is 1.80. The Morgan fingerprint density at radius 1 is 0.903 bits per heavy atom. The van der Waals surface area contributed by atoms with Gasteiger partial charge in [-0.25, -0.2) is 0 Å². The zero-order valence-corrected chi connectivity index (χ0v) is 20.6. The summed E-state index contributed by atoms with van der Waals surface area (Å²) in [6.45, 7) is 4.69. The topological polar surface area (TPSA) is 66.0 Å². The molecule has 0 radical (unpaired) electrons. The molecule has 1 aromatic carbocycles. The molecule has 0 aliphatic heterocycles. The van der Waals surface area contributed by atoms with Crippen LogP contribution < -0.4 is 14.8 Å². The van der Waals surface area contributed by atoms with Gasteiger partial charge in [0, 0.05) is 46.3 Å². The van der Waals surface area contributed by atoms with Crippen LogP contribution in [0, 0.1) is 5.92 Å². The highest BCUT2D eigenvalue weighted by molar-refractivity contribution is 5.85. The number of hydrogen-bond acceptors (Lipinski definition) is 5. The normalized spacial score (nSPS) is 11.5. The molecule has 0 unspecified atom stereocenters. The van der Waals surface area contributed by atoms with E-state index in [1.807, 2.05) is 13.0 Å². The standard InChI is InChI=1S/C24H41NO5.ClH/c1-20(24(26)25-15-9-16-27-2)11-7-5-6-8-12-21-13-14-22(29-4)23(19-21)30-18-10-17-28-3;/h13-14,19-20H,5-12,15-18H2,1-4H3,(H,25,26);1H/t20-;/m1./s1. The first-order valence-electron chi connectivity index (χ1n) is 11.2. The summed E-state index contributed by atoms with van der Waals surface area (Å²) in [6, 6.07) is 6.17. The van der Waals surface area contributed by atoms with Crippen LogP contribution in [0.3, 0.4) is 0 Å². The van der Waals surface area contributed by atoms with E-state index in [9.17, 15) is 4.79 Å². The number of nitrogens with one attached hydrogen (secondary N) is 1. The number of methoxy groups -OCH3 is 3. The van der Waals surface area contributed by atoms with Crippen molar-refractivity contribution in [3.8, 4) is 11.5 Å². The first kappa shape index (κ1) is 29.5. The van der Waals surface area contributed by atoms with Crippen LogP contribution in [0.2, 0.25) is 0 Å². The molecule has 0 spiro atoms. The van der Waals surface area contributed by atoms with Gasteiger partial charge in [0.25, 0.3) is 0 Å². The zero-order valence-electron chi connectivity index (χ0n) is 19.7. The molecule has 31 heavy (non-hydrogen) atoms. The molecule has 6 nitrogen and oxygen atoms in total. The van der Waals surface area contributed by atoms with E-state index >= 15 is 0 Å². The van der Waals surface area contributed by atoms with Crippen molar-refractivity contribution in [1.29, 1.82) is 0 Å². The number of rotatable bonds is 18. The Kier molecular flexibility index (Phi) is 18.3. The van der Waals surface area contributed by atoms with Gasteiger partial charge in [-0.3, -0.25) is 4.79 Å². The number of amides is 1. The predicted molar refractivity (Wildman–Crippen MR) is 128 cm³/mol. The number of hydrogen-bond donors (Lipinski definition) is 1. The van der Waals surface area contributed by atoms with E-state index in [1.165, 1.54) is 5.56 Å². The van der Waals surface area contributed by atoms with Gasteiger partial charge in [-0.1, -0.05) is 32.3 Å². The first-order valence-corrected chi connectivity index (χ1v) is 11.2. The second-order valence-electron chi connectivity index (χ2n) is 7.67. The second kappa shape index (κ2) is 19.2. The van der Waals surface area contributed by atoms with Crippen LogP contribution in [0.5, 0.6) is 11.5 Å². The minimum Gasteiger partial charge on any atom is -0.493 e. The number of halogens is 1. The monoisotopic (exact) mass is 459 g/mol. The summed E-state index contributed by atoms with van der Waals surface area (Å²) in [6.07, 6.45) is 8.21. The number of aryl methyl sites for hydroxylation is 1. The highest BCUT2D eigenvalue weighted by Crippen LogP contribution is 2.29. The lowest BCUT2D eigenvalue weighted by Gasteiger charge is -2.13. The van der Waals surface area contributed by atoms with Crippen molar-refractivity contribution in [1.82, 2.24) is 5.32 Å². The van der Waals surface area contributed by atoms with Crippen LogP contribution >= 0.6 is 12.4 Å². The third-order valence-electron chi connectivity index (χ3n) is 5.10. The fourth-order valence-corrected chi connectivity index (χ4v) is 3.24. The molecule has 1 aromatic rings. The van der Waals surface area contributed by atoms with Gasteiger partial charge in [0.1, 0.15) is 0 Å². The maximum atomic E-state index is 12.0. The molecule has 0 heterocycles. The molecule has 180 valence electrons. The van der Waals surface area contributed by atoms with Gasteiger partial charge < -0.3 is 24.3 Å². The number of benzene rings is 1. The molecule has 1 N–H and O–H groups in total. The van der Waals surface area contributed by atoms with Gasteiger partial charge >= 0.3 is 0 Å². The van der Waals surface area contributed by atoms with Crippen LogP contribution in [0.15, 0.2) is 18.2 Å². The van der Waals surface area contributed by atoms with Crippen LogP contribution in [-0.4, -0.2) is 53.6 Å². The molecule has 1 amide bonds. The van der Waals surface area contributed by atoms with Crippen molar-refractivity contribution >= 4 is 18.3 Å². The molecule has 0 aromatic heterocycles. The van der Waals surface area contributed by atoms with E-state index < -0.39 is 0 Å². The minimum absolute atomic E-state index is 0. The largest absolute Gasteiger partial charge is 0.493 e. The second-order valence-corrected chi connectivity index (χ2v) is 7.67. The number of carbonyl (C=O) groups is 1. The molecule has 0 aliphatic carbocycles. The predicted octanol–water partition coefficient (Wildman–Crippen LogP) is 4.81. The molecule has 0 saturated carbocycles. The molecule has 0 saturated heterocycles. The third-order valence-corrected chi connectivity index (χ3v) is 5.10. The molecule has 1 rings (SSSR count). The van der Waals surface area contributed by atoms with E-state index in [4.69, 9.17) is 18.9 Å². The van der Waals surface area contributed by atoms with Crippen molar-refractivity contribution in [3.05, 3.63) is 23.8 Å². The maximum Gasteiger partial charge on any atom is 0.222 e. The maximum absolute atomic E-state index is 12.0. The van der Waals surface area contributed by atoms with E-state index in [2.05, 4.69) is 17.4 Å². The van der Waals surface area contributed by atoms with Gasteiger partial charge in [-0.15, -0.1) is 12.4 Å². The molecular weight excluding hydrogens is 418 g/mol. The van der Waals surface area contributed by atoms with E-state index in [0.29, 0.717) is 26.4 Å². The smallest absolute Gasteiger partial charge is 0.222 e. The van der Waals surface area contributed by atoms with Gasteiger partial charge in [-0.2, -0.15) is 0 Å². The average molecular weight is 460 g/mol. The van der Waals surface area contributed by atoms with Crippen LogP contribution in [0.4, 0.5) is 0 Å². The Labute approximate surface area is 194 Å². The van der Waals surface area contributed by atoms with Crippen LogP contribution in [-0.2, 0) is 20.7 Å². The van der Waals surface area contributed by atoms with Crippen LogP contribution in [0.25, 0.3) is 0 Å². The van der Waals surface area contributed by atoms with Gasteiger partial charge in [-0.05, 0) is 43.4 Å². The fourth-order valence-electron chi connectivity index (χ4n) is 3.24. The van der Waals surface area contributed by atoms with Crippen molar-refractivity contribution in [3.63, 3.8) is 0 Å². The molecule has 7 heteroatoms. The lowest BCUT2D eigenvalue weighted by atomic mass is 10.00. The highest BCUT2D eigenvalue weighted by Gasteiger charge is 2.11. The number of carbonyl (C=O) groups excluding carboxylic acids is 1. The Bertz CT molecular complexity index is 585. The summed E-state index contributed by atoms with van der Waals surface area (Å²) in [5.41, 5.74) is 1.27. The lowest BCUT2D eigenvalue weighted by Crippen LogP contribution is -2.30. The Balaban J connectivity index is 0.00000900. The fraction of sp³-hybridized carbons (Fsp3) is 0.708. The Hall–Kier alpha value is -1.50. The summed E-state index contributed by atoms with van der Waals surface area (Å²) in [7, 11) is 5.04. The van der Waals surface area contributed by atoms with Crippen molar-refractivity contribution < 1.29 is 23.7 Å². The SMILES string of the molecule is COCCCNC(=O)[C@H](C)CCCCCCc1ccc(OC)c(OCCCOC)c1.Cl. The summed E-state index contributed by atoms with van der Waals surface area (Å²) in [4.78, 5) is 12.0. The third kappa shape index (κ3) is 13.5. The van der Waals surface area contributed by atoms with Gasteiger partial charge in [0.15, 0.2) is 11.5 Å². The number of unbranched alkanes of at least 4 members (excludes halogenated alkanes) is 3. The highest BCUT2D eigenvalue weighted by atomic mass is 35.5. The van der Waals surface area contributed by atoms with E-state index in [-0.39, 0.29) is 24.2 Å². The van der Waals surface area contributed by atoms with Gasteiger partial charge in [0.05, 0.1) is 13.7 Å². The summed E-state index contributed by atoms with van der Waals surface area (Å²) in [5, 5.41) is 2.98. The molecule has 0 bridgehead atoms. The van der Waals surface area contributed by atoms with E-state index in [0.717, 1.165) is 62.9 Å². The van der Waals surface area contributed by atoms with Gasteiger partial charge in [0.2, 0.25) is 5.91 Å². The molecule has 0 fully saturated rings. The van der Waals surface area contributed by atoms with E-state index in [1.54, 1.807) is 21.3 Å². The molecular formula is C24H42ClNO5. The molecule has 1 atom stereocenters. The van der Waals surface area contributed by atoms with Crippen LogP contribution in [0.1, 0.15) is 57.4 Å². The summed E-state index contributed by atoms with van der Waals surface area (Å²) >= 11 is 0. The average Bonchev–Trinajstić information content (AvgIpc) is 2.76. The first-order chi connectivity index (χ1) is 14.6. The Morgan fingerprint density at radius 2 is 1.61 bits per heavy atom. The Morgan fingerprint density at radius 3 is 2.32 bits per heavy atom. The quantitative estimate of drug-likeness (QED) is 0.319. The van der Waals surface area contributed by atoms with Crippen molar-refractivity contribution in [2.45, 2.75) is 58.3 Å². The minimum atomic E-state index is 0. The van der Waals surface area contributed by atoms with Crippen molar-refractivity contribution in [2.24, 2.45) is 5.92 Å². The summed E-state index contributed by atoms with van der Waals surface area (Å²) < 4.78 is 21.3. The lowest BCUT2D eigenvalue weighted by molar-refractivity contribution is -0.124. The molecule has 0 aliphatic rings.